The van der Waals surface area contributed by atoms with E-state index in [2.05, 4.69) is 26.1 Å². The van der Waals surface area contributed by atoms with Crippen molar-refractivity contribution in [2.24, 2.45) is 11.3 Å². The molecule has 0 aromatic carbocycles. The van der Waals surface area contributed by atoms with E-state index in [-0.39, 0.29) is 17.2 Å². The van der Waals surface area contributed by atoms with Crippen molar-refractivity contribution < 1.29 is 14.7 Å². The summed E-state index contributed by atoms with van der Waals surface area (Å²) in [6.45, 7) is 7.07. The second kappa shape index (κ2) is 8.13. The first-order valence-corrected chi connectivity index (χ1v) is 8.73. The van der Waals surface area contributed by atoms with Gasteiger partial charge < -0.3 is 15.3 Å². The van der Waals surface area contributed by atoms with Gasteiger partial charge >= 0.3 is 0 Å². The summed E-state index contributed by atoms with van der Waals surface area (Å²) in [4.78, 5) is 24.8. The molecule has 5 heteroatoms. The summed E-state index contributed by atoms with van der Waals surface area (Å²) in [6.07, 6.45) is 4.77. The van der Waals surface area contributed by atoms with Gasteiger partial charge in [-0.2, -0.15) is 0 Å². The monoisotopic (exact) mass is 326 g/mol. The fourth-order valence-electron chi connectivity index (χ4n) is 3.17. The molecule has 1 aliphatic carbocycles. The predicted molar refractivity (Wildman–Crippen MR) is 91.9 cm³/mol. The Morgan fingerprint density at radius 3 is 2.22 bits per heavy atom. The fraction of sp³-hybridized carbons (Fsp3) is 0.889. The summed E-state index contributed by atoms with van der Waals surface area (Å²) in [7, 11) is 3.43. The standard InChI is InChI=1S/C18H34N2O3/c1-17(2,3)14-9-11-18(23,12-10-14)13-19-15(21)7-6-8-16(22)20(4)5/h14,23H,6-13H2,1-5H3,(H,19,21). The molecule has 0 bridgehead atoms. The quantitative estimate of drug-likeness (QED) is 0.787. The number of nitrogens with zero attached hydrogens (tertiary/aromatic N) is 1. The maximum absolute atomic E-state index is 11.9. The number of rotatable bonds is 6. The molecule has 0 aliphatic heterocycles. The minimum atomic E-state index is -0.767. The number of nitrogens with one attached hydrogen (secondary N) is 1. The van der Waals surface area contributed by atoms with Gasteiger partial charge in [-0.25, -0.2) is 0 Å². The molecule has 0 aromatic rings. The first-order valence-electron chi connectivity index (χ1n) is 8.73. The molecule has 134 valence electrons. The lowest BCUT2D eigenvalue weighted by Gasteiger charge is -2.41. The maximum atomic E-state index is 11.9. The molecule has 5 nitrogen and oxygen atoms in total. The molecular weight excluding hydrogens is 292 g/mol. The van der Waals surface area contributed by atoms with Crippen molar-refractivity contribution in [3.63, 3.8) is 0 Å². The molecule has 2 amide bonds. The first kappa shape index (κ1) is 19.9. The van der Waals surface area contributed by atoms with Gasteiger partial charge in [0, 0.05) is 33.5 Å². The normalized spacial score (nSPS) is 25.0. The second-order valence-electron chi connectivity index (χ2n) is 8.28. The minimum Gasteiger partial charge on any atom is -0.388 e. The highest BCUT2D eigenvalue weighted by Crippen LogP contribution is 2.41. The molecular formula is C18H34N2O3. The van der Waals surface area contributed by atoms with Gasteiger partial charge in [0.15, 0.2) is 0 Å². The Kier molecular flexibility index (Phi) is 7.05. The largest absolute Gasteiger partial charge is 0.388 e. The van der Waals surface area contributed by atoms with E-state index in [1.807, 2.05) is 0 Å². The summed E-state index contributed by atoms with van der Waals surface area (Å²) < 4.78 is 0. The molecule has 0 atom stereocenters. The van der Waals surface area contributed by atoms with Crippen LogP contribution >= 0.6 is 0 Å². The zero-order valence-corrected chi connectivity index (χ0v) is 15.4. The van der Waals surface area contributed by atoms with E-state index >= 15 is 0 Å². The van der Waals surface area contributed by atoms with Gasteiger partial charge in [-0.15, -0.1) is 0 Å². The Morgan fingerprint density at radius 2 is 1.74 bits per heavy atom. The Hall–Kier alpha value is -1.10. The lowest BCUT2D eigenvalue weighted by Crippen LogP contribution is -2.46. The molecule has 0 saturated heterocycles. The van der Waals surface area contributed by atoms with Gasteiger partial charge in [0.1, 0.15) is 0 Å². The third-order valence-corrected chi connectivity index (χ3v) is 5.05. The van der Waals surface area contributed by atoms with E-state index in [0.717, 1.165) is 25.7 Å². The van der Waals surface area contributed by atoms with Crippen LogP contribution in [0.3, 0.4) is 0 Å². The Morgan fingerprint density at radius 1 is 1.17 bits per heavy atom. The summed E-state index contributed by atoms with van der Waals surface area (Å²) in [5.41, 5.74) is -0.486. The topological polar surface area (TPSA) is 69.6 Å². The van der Waals surface area contributed by atoms with Gasteiger partial charge in [-0.3, -0.25) is 9.59 Å². The molecule has 0 unspecified atom stereocenters. The average Bonchev–Trinajstić information content (AvgIpc) is 2.44. The number of aliphatic hydroxyl groups is 1. The van der Waals surface area contributed by atoms with Gasteiger partial charge in [-0.1, -0.05) is 20.8 Å². The third kappa shape index (κ3) is 6.90. The van der Waals surface area contributed by atoms with E-state index in [1.54, 1.807) is 14.1 Å². The highest BCUT2D eigenvalue weighted by molar-refractivity contribution is 5.78. The van der Waals surface area contributed by atoms with E-state index in [1.165, 1.54) is 4.90 Å². The smallest absolute Gasteiger partial charge is 0.222 e. The first-order chi connectivity index (χ1) is 10.5. The summed E-state index contributed by atoms with van der Waals surface area (Å²) in [5, 5.41) is 13.5. The van der Waals surface area contributed by atoms with Crippen LogP contribution in [-0.2, 0) is 9.59 Å². The Balaban J connectivity index is 2.27. The number of hydrogen-bond donors (Lipinski definition) is 2. The van der Waals surface area contributed by atoms with Crippen molar-refractivity contribution in [1.82, 2.24) is 10.2 Å². The molecule has 2 N–H and O–H groups in total. The summed E-state index contributed by atoms with van der Waals surface area (Å²) >= 11 is 0. The molecule has 1 fully saturated rings. The molecule has 0 aromatic heterocycles. The number of amides is 2. The lowest BCUT2D eigenvalue weighted by atomic mass is 9.68. The number of hydrogen-bond acceptors (Lipinski definition) is 3. The van der Waals surface area contributed by atoms with Crippen molar-refractivity contribution in [1.29, 1.82) is 0 Å². The van der Waals surface area contributed by atoms with Crippen LogP contribution in [0.4, 0.5) is 0 Å². The van der Waals surface area contributed by atoms with Crippen LogP contribution in [0.1, 0.15) is 65.7 Å². The van der Waals surface area contributed by atoms with Crippen molar-refractivity contribution >= 4 is 11.8 Å². The number of carbonyl (C=O) groups is 2. The molecule has 0 radical (unpaired) electrons. The van der Waals surface area contributed by atoms with Crippen molar-refractivity contribution in [3.05, 3.63) is 0 Å². The van der Waals surface area contributed by atoms with Crippen LogP contribution in [0.25, 0.3) is 0 Å². The molecule has 1 saturated carbocycles. The summed E-state index contributed by atoms with van der Waals surface area (Å²) in [5.74, 6) is 0.593. The maximum Gasteiger partial charge on any atom is 0.222 e. The van der Waals surface area contributed by atoms with Crippen LogP contribution in [0.15, 0.2) is 0 Å². The van der Waals surface area contributed by atoms with Crippen LogP contribution in [-0.4, -0.2) is 48.1 Å². The predicted octanol–water partition coefficient (Wildman–Crippen LogP) is 2.33. The van der Waals surface area contributed by atoms with E-state index < -0.39 is 5.60 Å². The summed E-state index contributed by atoms with van der Waals surface area (Å²) in [6, 6.07) is 0. The Bertz CT molecular complexity index is 405. The molecule has 0 spiro atoms. The van der Waals surface area contributed by atoms with Crippen LogP contribution in [0.5, 0.6) is 0 Å². The van der Waals surface area contributed by atoms with Crippen LogP contribution in [0.2, 0.25) is 0 Å². The van der Waals surface area contributed by atoms with E-state index in [0.29, 0.717) is 31.7 Å². The van der Waals surface area contributed by atoms with Crippen molar-refractivity contribution in [2.75, 3.05) is 20.6 Å². The lowest BCUT2D eigenvalue weighted by molar-refractivity contribution is -0.129. The van der Waals surface area contributed by atoms with Crippen molar-refractivity contribution in [2.45, 2.75) is 71.3 Å². The fourth-order valence-corrected chi connectivity index (χ4v) is 3.17. The van der Waals surface area contributed by atoms with Gasteiger partial charge in [-0.05, 0) is 43.4 Å². The van der Waals surface area contributed by atoms with Crippen molar-refractivity contribution in [3.8, 4) is 0 Å². The molecule has 0 heterocycles. The van der Waals surface area contributed by atoms with E-state index in [9.17, 15) is 14.7 Å². The number of carbonyl (C=O) groups excluding carboxylic acids is 2. The van der Waals surface area contributed by atoms with Gasteiger partial charge in [0.05, 0.1) is 5.60 Å². The zero-order valence-electron chi connectivity index (χ0n) is 15.4. The second-order valence-corrected chi connectivity index (χ2v) is 8.28. The third-order valence-electron chi connectivity index (χ3n) is 5.05. The highest BCUT2D eigenvalue weighted by atomic mass is 16.3. The van der Waals surface area contributed by atoms with Gasteiger partial charge in [0.2, 0.25) is 11.8 Å². The van der Waals surface area contributed by atoms with Crippen LogP contribution < -0.4 is 5.32 Å². The molecule has 23 heavy (non-hydrogen) atoms. The highest BCUT2D eigenvalue weighted by Gasteiger charge is 2.37. The zero-order chi connectivity index (χ0) is 17.7. The van der Waals surface area contributed by atoms with Crippen LogP contribution in [0, 0.1) is 11.3 Å². The Labute approximate surface area is 140 Å². The molecule has 1 aliphatic rings. The average molecular weight is 326 g/mol. The molecule has 1 rings (SSSR count). The van der Waals surface area contributed by atoms with E-state index in [4.69, 9.17) is 0 Å². The minimum absolute atomic E-state index is 0.0388. The SMILES string of the molecule is CN(C)C(=O)CCCC(=O)NCC1(O)CCC(C(C)(C)C)CC1. The van der Waals surface area contributed by atoms with Gasteiger partial charge in [0.25, 0.3) is 0 Å².